The first kappa shape index (κ1) is 16.8. The van der Waals surface area contributed by atoms with Crippen molar-refractivity contribution in [3.8, 4) is 5.75 Å². The Balaban J connectivity index is 2.37. The van der Waals surface area contributed by atoms with Gasteiger partial charge in [-0.05, 0) is 61.4 Å². The molecule has 0 unspecified atom stereocenters. The molecular formula is C16H17NO5S. The average molecular weight is 335 g/mol. The molecule has 122 valence electrons. The molecular weight excluding hydrogens is 318 g/mol. The highest BCUT2D eigenvalue weighted by atomic mass is 32.2. The van der Waals surface area contributed by atoms with Crippen molar-refractivity contribution < 1.29 is 23.1 Å². The van der Waals surface area contributed by atoms with Gasteiger partial charge in [-0.2, -0.15) is 0 Å². The fraction of sp³-hybridized carbons (Fsp3) is 0.188. The predicted molar refractivity (Wildman–Crippen MR) is 86.7 cm³/mol. The lowest BCUT2D eigenvalue weighted by atomic mass is 10.1. The van der Waals surface area contributed by atoms with Crippen molar-refractivity contribution in [3.05, 3.63) is 53.1 Å². The SMILES string of the molecule is COc1cc(C)c(S(=O)(=O)Nc2ccc(C(=O)O)cc2)c(C)c1. The normalized spacial score (nSPS) is 11.1. The van der Waals surface area contributed by atoms with Crippen LogP contribution in [0.5, 0.6) is 5.75 Å². The lowest BCUT2D eigenvalue weighted by Crippen LogP contribution is -2.16. The van der Waals surface area contributed by atoms with Gasteiger partial charge in [-0.15, -0.1) is 0 Å². The molecule has 7 heteroatoms. The summed E-state index contributed by atoms with van der Waals surface area (Å²) < 4.78 is 32.8. The largest absolute Gasteiger partial charge is 0.497 e. The Bertz CT molecular complexity index is 818. The third-order valence-electron chi connectivity index (χ3n) is 3.32. The molecule has 2 aromatic rings. The van der Waals surface area contributed by atoms with Crippen molar-refractivity contribution in [3.63, 3.8) is 0 Å². The predicted octanol–water partition coefficient (Wildman–Crippen LogP) is 2.81. The van der Waals surface area contributed by atoms with Gasteiger partial charge in [0.05, 0.1) is 17.6 Å². The van der Waals surface area contributed by atoms with Crippen molar-refractivity contribution in [2.75, 3.05) is 11.8 Å². The first-order chi connectivity index (χ1) is 10.7. The number of sulfonamides is 1. The van der Waals surface area contributed by atoms with E-state index in [0.717, 1.165) is 0 Å². The number of aromatic carboxylic acids is 1. The van der Waals surface area contributed by atoms with E-state index in [4.69, 9.17) is 9.84 Å². The zero-order valence-corrected chi connectivity index (χ0v) is 13.8. The summed E-state index contributed by atoms with van der Waals surface area (Å²) >= 11 is 0. The number of nitrogens with one attached hydrogen (secondary N) is 1. The number of methoxy groups -OCH3 is 1. The highest BCUT2D eigenvalue weighted by molar-refractivity contribution is 7.92. The van der Waals surface area contributed by atoms with Crippen molar-refractivity contribution in [1.82, 2.24) is 0 Å². The topological polar surface area (TPSA) is 92.7 Å². The molecule has 0 saturated carbocycles. The Kier molecular flexibility index (Phi) is 4.60. The van der Waals surface area contributed by atoms with Gasteiger partial charge in [0, 0.05) is 5.69 Å². The Morgan fingerprint density at radius 1 is 1.09 bits per heavy atom. The molecule has 0 heterocycles. The fourth-order valence-corrected chi connectivity index (χ4v) is 3.85. The number of aryl methyl sites for hydroxylation is 2. The van der Waals surface area contributed by atoms with Gasteiger partial charge in [0.1, 0.15) is 5.75 Å². The van der Waals surface area contributed by atoms with Crippen molar-refractivity contribution in [2.45, 2.75) is 18.7 Å². The van der Waals surface area contributed by atoms with E-state index in [1.54, 1.807) is 26.0 Å². The molecule has 0 fully saturated rings. The molecule has 0 amide bonds. The number of ether oxygens (including phenoxy) is 1. The highest BCUT2D eigenvalue weighted by Gasteiger charge is 2.20. The standard InChI is InChI=1S/C16H17NO5S/c1-10-8-14(22-3)9-11(2)15(10)23(20,21)17-13-6-4-12(5-7-13)16(18)19/h4-9,17H,1-3H3,(H,18,19). The monoisotopic (exact) mass is 335 g/mol. The summed E-state index contributed by atoms with van der Waals surface area (Å²) in [6.07, 6.45) is 0. The molecule has 0 radical (unpaired) electrons. The van der Waals surface area contributed by atoms with E-state index in [0.29, 0.717) is 22.6 Å². The van der Waals surface area contributed by atoms with E-state index < -0.39 is 16.0 Å². The van der Waals surface area contributed by atoms with Crippen LogP contribution in [0.3, 0.4) is 0 Å². The van der Waals surface area contributed by atoms with Crippen LogP contribution in [-0.4, -0.2) is 26.6 Å². The molecule has 2 rings (SSSR count). The number of anilines is 1. The quantitative estimate of drug-likeness (QED) is 0.876. The van der Waals surface area contributed by atoms with Crippen LogP contribution >= 0.6 is 0 Å². The minimum absolute atomic E-state index is 0.0877. The van der Waals surface area contributed by atoms with Crippen molar-refractivity contribution >= 4 is 21.7 Å². The van der Waals surface area contributed by atoms with Crippen LogP contribution in [-0.2, 0) is 10.0 Å². The molecule has 0 aliphatic rings. The lowest BCUT2D eigenvalue weighted by molar-refractivity contribution is 0.0697. The van der Waals surface area contributed by atoms with Gasteiger partial charge in [-0.1, -0.05) is 0 Å². The summed E-state index contributed by atoms with van der Waals surface area (Å²) in [5, 5.41) is 8.86. The maximum atomic E-state index is 12.6. The van der Waals surface area contributed by atoms with Crippen LogP contribution < -0.4 is 9.46 Å². The number of carboxylic acids is 1. The van der Waals surface area contributed by atoms with E-state index in [9.17, 15) is 13.2 Å². The summed E-state index contributed by atoms with van der Waals surface area (Å²) in [5.41, 5.74) is 1.52. The summed E-state index contributed by atoms with van der Waals surface area (Å²) in [4.78, 5) is 11.0. The van der Waals surface area contributed by atoms with Gasteiger partial charge in [0.2, 0.25) is 0 Å². The van der Waals surface area contributed by atoms with Gasteiger partial charge in [-0.3, -0.25) is 4.72 Å². The van der Waals surface area contributed by atoms with Gasteiger partial charge >= 0.3 is 5.97 Å². The first-order valence-corrected chi connectivity index (χ1v) is 8.24. The molecule has 0 spiro atoms. The molecule has 0 bridgehead atoms. The van der Waals surface area contributed by atoms with Gasteiger partial charge in [0.15, 0.2) is 0 Å². The van der Waals surface area contributed by atoms with Gasteiger partial charge < -0.3 is 9.84 Å². The lowest BCUT2D eigenvalue weighted by Gasteiger charge is -2.14. The number of hydrogen-bond acceptors (Lipinski definition) is 4. The number of carboxylic acid groups (broad SMARTS) is 1. The second kappa shape index (κ2) is 6.29. The second-order valence-corrected chi connectivity index (χ2v) is 6.70. The fourth-order valence-electron chi connectivity index (χ4n) is 2.34. The molecule has 0 aliphatic heterocycles. The third-order valence-corrected chi connectivity index (χ3v) is 5.01. The molecule has 0 aliphatic carbocycles. The number of carbonyl (C=O) groups is 1. The van der Waals surface area contributed by atoms with E-state index in [1.165, 1.54) is 31.4 Å². The molecule has 6 nitrogen and oxygen atoms in total. The smallest absolute Gasteiger partial charge is 0.335 e. The van der Waals surface area contributed by atoms with E-state index in [2.05, 4.69) is 4.72 Å². The Morgan fingerprint density at radius 3 is 2.04 bits per heavy atom. The minimum atomic E-state index is -3.79. The van der Waals surface area contributed by atoms with E-state index in [1.807, 2.05) is 0 Å². The van der Waals surface area contributed by atoms with Crippen molar-refractivity contribution in [1.29, 1.82) is 0 Å². The molecule has 23 heavy (non-hydrogen) atoms. The molecule has 2 aromatic carbocycles. The third kappa shape index (κ3) is 3.62. The molecule has 2 N–H and O–H groups in total. The van der Waals surface area contributed by atoms with E-state index >= 15 is 0 Å². The zero-order valence-electron chi connectivity index (χ0n) is 13.0. The molecule has 0 saturated heterocycles. The van der Waals surface area contributed by atoms with E-state index in [-0.39, 0.29) is 10.5 Å². The van der Waals surface area contributed by atoms with Crippen LogP contribution in [0.15, 0.2) is 41.3 Å². The maximum Gasteiger partial charge on any atom is 0.335 e. The second-order valence-electron chi connectivity index (χ2n) is 5.08. The Morgan fingerprint density at radius 2 is 1.61 bits per heavy atom. The zero-order chi connectivity index (χ0) is 17.2. The highest BCUT2D eigenvalue weighted by Crippen LogP contribution is 2.27. The summed E-state index contributed by atoms with van der Waals surface area (Å²) in [6.45, 7) is 3.38. The number of hydrogen-bond donors (Lipinski definition) is 2. The van der Waals surface area contributed by atoms with Crippen LogP contribution in [0.1, 0.15) is 21.5 Å². The van der Waals surface area contributed by atoms with Gasteiger partial charge in [0.25, 0.3) is 10.0 Å². The van der Waals surface area contributed by atoms with Gasteiger partial charge in [-0.25, -0.2) is 13.2 Å². The minimum Gasteiger partial charge on any atom is -0.497 e. The first-order valence-electron chi connectivity index (χ1n) is 6.76. The number of rotatable bonds is 5. The van der Waals surface area contributed by atoms with Crippen LogP contribution in [0.4, 0.5) is 5.69 Å². The molecule has 0 aromatic heterocycles. The summed E-state index contributed by atoms with van der Waals surface area (Å²) in [6, 6.07) is 8.80. The Hall–Kier alpha value is -2.54. The van der Waals surface area contributed by atoms with Crippen molar-refractivity contribution in [2.24, 2.45) is 0 Å². The van der Waals surface area contributed by atoms with Crippen LogP contribution in [0.2, 0.25) is 0 Å². The average Bonchev–Trinajstić information content (AvgIpc) is 2.46. The summed E-state index contributed by atoms with van der Waals surface area (Å²) in [5.74, 6) is -0.481. The summed E-state index contributed by atoms with van der Waals surface area (Å²) in [7, 11) is -2.27. The van der Waals surface area contributed by atoms with Crippen LogP contribution in [0, 0.1) is 13.8 Å². The molecule has 0 atom stereocenters. The van der Waals surface area contributed by atoms with Crippen LogP contribution in [0.25, 0.3) is 0 Å². The number of benzene rings is 2. The maximum absolute atomic E-state index is 12.6. The Labute approximate surface area is 134 Å².